The highest BCUT2D eigenvalue weighted by Gasteiger charge is 2.14. The van der Waals surface area contributed by atoms with Gasteiger partial charge in [-0.25, -0.2) is 0 Å². The molecule has 0 amide bonds. The molecule has 4 nitrogen and oxygen atoms in total. The number of rotatable bonds is 5. The molecule has 5 heteroatoms. The summed E-state index contributed by atoms with van der Waals surface area (Å²) >= 11 is 6.13. The first kappa shape index (κ1) is 13.9. The number of halogens is 1. The average molecular weight is 282 g/mol. The minimum atomic E-state index is -0.853. The average Bonchev–Trinajstić information content (AvgIpc) is 2.69. The van der Waals surface area contributed by atoms with E-state index in [1.807, 2.05) is 23.8 Å². The highest BCUT2D eigenvalue weighted by atomic mass is 35.5. The lowest BCUT2D eigenvalue weighted by atomic mass is 10.1. The Labute approximate surface area is 116 Å². The van der Waals surface area contributed by atoms with Crippen molar-refractivity contribution in [3.8, 4) is 0 Å². The lowest BCUT2D eigenvalue weighted by molar-refractivity contribution is -0.136. The first-order valence-electron chi connectivity index (χ1n) is 6.14. The fourth-order valence-corrected chi connectivity index (χ4v) is 2.50. The molecule has 0 aliphatic rings. The number of carboxylic acids is 1. The molecule has 2 rings (SSSR count). The van der Waals surface area contributed by atoms with Crippen molar-refractivity contribution in [3.63, 3.8) is 0 Å². The van der Waals surface area contributed by atoms with Gasteiger partial charge < -0.3 is 14.8 Å². The van der Waals surface area contributed by atoms with Gasteiger partial charge in [0.25, 0.3) is 0 Å². The van der Waals surface area contributed by atoms with Gasteiger partial charge in [-0.3, -0.25) is 4.79 Å². The van der Waals surface area contributed by atoms with Crippen LogP contribution in [0.1, 0.15) is 17.5 Å². The van der Waals surface area contributed by atoms with Gasteiger partial charge in [0.15, 0.2) is 0 Å². The molecule has 1 aromatic heterocycles. The van der Waals surface area contributed by atoms with E-state index in [4.69, 9.17) is 21.8 Å². The molecular weight excluding hydrogens is 266 g/mol. The topological polar surface area (TPSA) is 62.5 Å². The van der Waals surface area contributed by atoms with Crippen molar-refractivity contribution in [2.24, 2.45) is 0 Å². The molecule has 1 aromatic carbocycles. The molecule has 102 valence electrons. The van der Waals surface area contributed by atoms with Crippen LogP contribution >= 0.6 is 11.6 Å². The summed E-state index contributed by atoms with van der Waals surface area (Å²) < 4.78 is 1.98. The van der Waals surface area contributed by atoms with Gasteiger partial charge in [0.1, 0.15) is 0 Å². The summed E-state index contributed by atoms with van der Waals surface area (Å²) in [6.45, 7) is 2.67. The van der Waals surface area contributed by atoms with Crippen molar-refractivity contribution in [3.05, 3.63) is 34.5 Å². The summed E-state index contributed by atoms with van der Waals surface area (Å²) in [5.74, 6) is -0.853. The molecule has 0 spiro atoms. The molecule has 19 heavy (non-hydrogen) atoms. The molecule has 2 N–H and O–H groups in total. The van der Waals surface area contributed by atoms with Crippen LogP contribution in [0.3, 0.4) is 0 Å². The maximum atomic E-state index is 10.9. The first-order chi connectivity index (χ1) is 9.04. The van der Waals surface area contributed by atoms with E-state index in [0.717, 1.165) is 22.0 Å². The zero-order chi connectivity index (χ0) is 14.0. The number of hydrogen-bond donors (Lipinski definition) is 2. The number of fused-ring (bicyclic) bond motifs is 1. The van der Waals surface area contributed by atoms with Gasteiger partial charge in [-0.1, -0.05) is 17.7 Å². The number of benzene rings is 1. The van der Waals surface area contributed by atoms with Crippen LogP contribution in [0.15, 0.2) is 18.3 Å². The minimum Gasteiger partial charge on any atom is -0.481 e. The minimum absolute atomic E-state index is 0.0102. The summed E-state index contributed by atoms with van der Waals surface area (Å²) in [7, 11) is 0. The molecule has 0 saturated heterocycles. The summed E-state index contributed by atoms with van der Waals surface area (Å²) in [6, 6.07) is 3.65. The summed E-state index contributed by atoms with van der Waals surface area (Å²) in [4.78, 5) is 10.9. The maximum absolute atomic E-state index is 10.9. The second-order valence-corrected chi connectivity index (χ2v) is 4.97. The number of carboxylic acid groups (broad SMARTS) is 1. The number of aliphatic hydroxyl groups excluding tert-OH is 1. The van der Waals surface area contributed by atoms with Crippen molar-refractivity contribution in [2.75, 3.05) is 6.61 Å². The molecule has 0 unspecified atom stereocenters. The number of nitrogens with zero attached hydrogens (tertiary/aromatic N) is 1. The predicted octanol–water partition coefficient (Wildman–Crippen LogP) is 2.61. The van der Waals surface area contributed by atoms with E-state index in [1.54, 1.807) is 6.07 Å². The van der Waals surface area contributed by atoms with E-state index in [0.29, 0.717) is 18.0 Å². The maximum Gasteiger partial charge on any atom is 0.307 e. The number of aliphatic carboxylic acids is 1. The Bertz CT molecular complexity index is 619. The Morgan fingerprint density at radius 2 is 2.16 bits per heavy atom. The van der Waals surface area contributed by atoms with Crippen LogP contribution in [0.4, 0.5) is 0 Å². The highest BCUT2D eigenvalue weighted by Crippen LogP contribution is 2.30. The third kappa shape index (κ3) is 2.74. The third-order valence-electron chi connectivity index (χ3n) is 3.21. The zero-order valence-electron chi connectivity index (χ0n) is 10.7. The van der Waals surface area contributed by atoms with Gasteiger partial charge in [-0.2, -0.15) is 0 Å². The molecule has 0 aliphatic carbocycles. The SMILES string of the molecule is Cc1c(Cl)ccc2c(CC(=O)O)cn(CCCO)c12. The molecular formula is C14H16ClNO3. The van der Waals surface area contributed by atoms with Gasteiger partial charge >= 0.3 is 5.97 Å². The highest BCUT2D eigenvalue weighted by molar-refractivity contribution is 6.32. The molecule has 0 fully saturated rings. The lowest BCUT2D eigenvalue weighted by Crippen LogP contribution is -2.00. The molecule has 0 atom stereocenters. The molecule has 0 aliphatic heterocycles. The summed E-state index contributed by atoms with van der Waals surface area (Å²) in [5, 5.41) is 19.5. The largest absolute Gasteiger partial charge is 0.481 e. The van der Waals surface area contributed by atoms with Crippen molar-refractivity contribution in [2.45, 2.75) is 26.3 Å². The van der Waals surface area contributed by atoms with Gasteiger partial charge in [0.05, 0.1) is 11.9 Å². The smallest absolute Gasteiger partial charge is 0.307 e. The zero-order valence-corrected chi connectivity index (χ0v) is 11.4. The van der Waals surface area contributed by atoms with Crippen LogP contribution < -0.4 is 0 Å². The number of aliphatic hydroxyl groups is 1. The predicted molar refractivity (Wildman–Crippen MR) is 74.7 cm³/mol. The van der Waals surface area contributed by atoms with E-state index in [9.17, 15) is 4.79 Å². The molecule has 0 radical (unpaired) electrons. The fraction of sp³-hybridized carbons (Fsp3) is 0.357. The number of hydrogen-bond acceptors (Lipinski definition) is 2. The lowest BCUT2D eigenvalue weighted by Gasteiger charge is -2.07. The van der Waals surface area contributed by atoms with Crippen LogP contribution in [-0.2, 0) is 17.8 Å². The van der Waals surface area contributed by atoms with Gasteiger partial charge in [-0.05, 0) is 30.5 Å². The van der Waals surface area contributed by atoms with Crippen LogP contribution in [0.25, 0.3) is 10.9 Å². The van der Waals surface area contributed by atoms with Crippen LogP contribution in [0, 0.1) is 6.92 Å². The fourth-order valence-electron chi connectivity index (χ4n) is 2.35. The van der Waals surface area contributed by atoms with E-state index >= 15 is 0 Å². The molecule has 1 heterocycles. The second-order valence-electron chi connectivity index (χ2n) is 4.56. The molecule has 2 aromatic rings. The van der Waals surface area contributed by atoms with Crippen molar-refractivity contribution >= 4 is 28.5 Å². The first-order valence-corrected chi connectivity index (χ1v) is 6.52. The van der Waals surface area contributed by atoms with Crippen molar-refractivity contribution in [1.82, 2.24) is 4.57 Å². The summed E-state index contributed by atoms with van der Waals surface area (Å²) in [6.07, 6.45) is 2.46. The van der Waals surface area contributed by atoms with Gasteiger partial charge in [0, 0.05) is 29.8 Å². The Balaban J connectivity index is 2.59. The van der Waals surface area contributed by atoms with Crippen molar-refractivity contribution in [1.29, 1.82) is 0 Å². The second kappa shape index (κ2) is 5.63. The number of carbonyl (C=O) groups is 1. The Hall–Kier alpha value is -1.52. The van der Waals surface area contributed by atoms with E-state index in [1.165, 1.54) is 0 Å². The van der Waals surface area contributed by atoms with Crippen LogP contribution in [-0.4, -0.2) is 27.4 Å². The normalized spacial score (nSPS) is 11.1. The Kier molecular flexibility index (Phi) is 4.12. The molecule has 0 saturated carbocycles. The van der Waals surface area contributed by atoms with E-state index in [2.05, 4.69) is 0 Å². The number of aromatic nitrogens is 1. The summed E-state index contributed by atoms with van der Waals surface area (Å²) in [5.41, 5.74) is 2.67. The third-order valence-corrected chi connectivity index (χ3v) is 3.62. The standard InChI is InChI=1S/C14H16ClNO3/c1-9-12(15)4-3-11-10(7-13(18)19)8-16(14(9)11)5-2-6-17/h3-4,8,17H,2,5-7H2,1H3,(H,18,19). The van der Waals surface area contributed by atoms with Crippen LogP contribution in [0.5, 0.6) is 0 Å². The quantitative estimate of drug-likeness (QED) is 0.885. The van der Waals surface area contributed by atoms with E-state index in [-0.39, 0.29) is 13.0 Å². The van der Waals surface area contributed by atoms with Crippen LogP contribution in [0.2, 0.25) is 5.02 Å². The monoisotopic (exact) mass is 281 g/mol. The Morgan fingerprint density at radius 3 is 2.79 bits per heavy atom. The Morgan fingerprint density at radius 1 is 1.42 bits per heavy atom. The van der Waals surface area contributed by atoms with Gasteiger partial charge in [-0.15, -0.1) is 0 Å². The molecule has 0 bridgehead atoms. The van der Waals surface area contributed by atoms with Gasteiger partial charge in [0.2, 0.25) is 0 Å². The van der Waals surface area contributed by atoms with E-state index < -0.39 is 5.97 Å². The van der Waals surface area contributed by atoms with Crippen molar-refractivity contribution < 1.29 is 15.0 Å². The number of aryl methyl sites for hydroxylation is 2.